The Hall–Kier alpha value is -2.49. The summed E-state index contributed by atoms with van der Waals surface area (Å²) < 4.78 is 0. The predicted molar refractivity (Wildman–Crippen MR) is 71.5 cm³/mol. The number of rotatable bonds is 2. The lowest BCUT2D eigenvalue weighted by Crippen LogP contribution is -2.26. The molecule has 1 unspecified atom stereocenters. The second kappa shape index (κ2) is 4.02. The molecule has 0 saturated heterocycles. The van der Waals surface area contributed by atoms with Crippen LogP contribution in [-0.4, -0.2) is 18.0 Å². The van der Waals surface area contributed by atoms with Crippen LogP contribution in [0.1, 0.15) is 27.6 Å². The Morgan fingerprint density at radius 1 is 1.05 bits per heavy atom. The van der Waals surface area contributed by atoms with Crippen LogP contribution in [0.4, 0.5) is 5.69 Å². The minimum Gasteiger partial charge on any atom is -0.328 e. The average Bonchev–Trinajstić information content (AvgIpc) is 2.44. The minimum atomic E-state index is -0.636. The van der Waals surface area contributed by atoms with Gasteiger partial charge in [-0.3, -0.25) is 14.4 Å². The molecule has 94 valence electrons. The van der Waals surface area contributed by atoms with Crippen molar-refractivity contribution in [1.82, 2.24) is 0 Å². The van der Waals surface area contributed by atoms with E-state index in [9.17, 15) is 14.4 Å². The van der Waals surface area contributed by atoms with Gasteiger partial charge in [-0.15, -0.1) is 0 Å². The molecule has 2 aromatic carbocycles. The molecule has 0 saturated carbocycles. The summed E-state index contributed by atoms with van der Waals surface area (Å²) in [6.07, 6.45) is 0.582. The van der Waals surface area contributed by atoms with Gasteiger partial charge < -0.3 is 5.32 Å². The van der Waals surface area contributed by atoms with E-state index < -0.39 is 5.92 Å². The van der Waals surface area contributed by atoms with Gasteiger partial charge in [0.15, 0.2) is 11.6 Å². The number of hydrogen-bond acceptors (Lipinski definition) is 3. The van der Waals surface area contributed by atoms with Gasteiger partial charge in [0.25, 0.3) is 0 Å². The molecule has 3 rings (SSSR count). The third kappa shape index (κ3) is 1.50. The van der Waals surface area contributed by atoms with Crippen molar-refractivity contribution in [2.45, 2.75) is 6.92 Å². The van der Waals surface area contributed by atoms with E-state index in [1.165, 1.54) is 0 Å². The first kappa shape index (κ1) is 11.6. The molecule has 1 aliphatic rings. The first-order chi connectivity index (χ1) is 9.15. The standard InChI is InChI=1S/C15H11NO3/c1-8-14(18)10-4-2-3-9-12(16-7-17)6-5-11(13(9)10)15(8)19/h2-8H,1H3,(H,16,17). The number of anilines is 1. The topological polar surface area (TPSA) is 63.2 Å². The highest BCUT2D eigenvalue weighted by atomic mass is 16.2. The quantitative estimate of drug-likeness (QED) is 0.660. The highest BCUT2D eigenvalue weighted by Crippen LogP contribution is 2.35. The first-order valence-corrected chi connectivity index (χ1v) is 5.99. The van der Waals surface area contributed by atoms with Crippen LogP contribution in [0, 0.1) is 5.92 Å². The zero-order chi connectivity index (χ0) is 13.6. The second-order valence-electron chi connectivity index (χ2n) is 4.60. The number of hydrogen-bond donors (Lipinski definition) is 1. The van der Waals surface area contributed by atoms with Crippen molar-refractivity contribution in [2.75, 3.05) is 5.32 Å². The molecule has 19 heavy (non-hydrogen) atoms. The monoisotopic (exact) mass is 253 g/mol. The summed E-state index contributed by atoms with van der Waals surface area (Å²) in [5, 5.41) is 3.95. The molecule has 0 fully saturated rings. The van der Waals surface area contributed by atoms with Gasteiger partial charge in [0.1, 0.15) is 0 Å². The van der Waals surface area contributed by atoms with Crippen molar-refractivity contribution >= 4 is 34.4 Å². The first-order valence-electron chi connectivity index (χ1n) is 5.99. The van der Waals surface area contributed by atoms with Gasteiger partial charge in [-0.25, -0.2) is 0 Å². The van der Waals surface area contributed by atoms with Crippen LogP contribution in [0.2, 0.25) is 0 Å². The van der Waals surface area contributed by atoms with Gasteiger partial charge in [-0.2, -0.15) is 0 Å². The summed E-state index contributed by atoms with van der Waals surface area (Å²) in [5.74, 6) is -0.958. The van der Waals surface area contributed by atoms with Crippen molar-refractivity contribution < 1.29 is 14.4 Å². The van der Waals surface area contributed by atoms with Gasteiger partial charge in [-0.1, -0.05) is 18.2 Å². The molecule has 4 nitrogen and oxygen atoms in total. The maximum Gasteiger partial charge on any atom is 0.211 e. The highest BCUT2D eigenvalue weighted by molar-refractivity contribution is 6.30. The summed E-state index contributed by atoms with van der Waals surface area (Å²) in [5.41, 5.74) is 1.70. The summed E-state index contributed by atoms with van der Waals surface area (Å²) in [4.78, 5) is 35.0. The van der Waals surface area contributed by atoms with Crippen LogP contribution in [-0.2, 0) is 4.79 Å². The van der Waals surface area contributed by atoms with Crippen LogP contribution in [0.3, 0.4) is 0 Å². The Kier molecular flexibility index (Phi) is 2.45. The molecule has 0 bridgehead atoms. The van der Waals surface area contributed by atoms with Crippen LogP contribution in [0.5, 0.6) is 0 Å². The Balaban J connectivity index is 2.43. The minimum absolute atomic E-state index is 0.161. The molecular weight excluding hydrogens is 242 g/mol. The van der Waals surface area contributed by atoms with E-state index >= 15 is 0 Å². The lowest BCUT2D eigenvalue weighted by Gasteiger charge is -2.21. The highest BCUT2D eigenvalue weighted by Gasteiger charge is 2.32. The molecule has 1 aliphatic carbocycles. The van der Waals surface area contributed by atoms with Crippen LogP contribution >= 0.6 is 0 Å². The number of carbonyl (C=O) groups excluding carboxylic acids is 3. The van der Waals surface area contributed by atoms with E-state index in [1.54, 1.807) is 37.3 Å². The van der Waals surface area contributed by atoms with Crippen molar-refractivity contribution in [3.05, 3.63) is 41.5 Å². The van der Waals surface area contributed by atoms with Gasteiger partial charge in [0.2, 0.25) is 6.41 Å². The molecule has 0 aromatic heterocycles. The second-order valence-corrected chi connectivity index (χ2v) is 4.60. The molecule has 1 N–H and O–H groups in total. The SMILES string of the molecule is CC1C(=O)c2cccc3c(NC=O)ccc(c23)C1=O. The molecule has 2 aromatic rings. The van der Waals surface area contributed by atoms with Crippen molar-refractivity contribution in [2.24, 2.45) is 5.92 Å². The van der Waals surface area contributed by atoms with E-state index in [0.717, 1.165) is 5.39 Å². The Morgan fingerprint density at radius 2 is 1.74 bits per heavy atom. The number of ketones is 2. The van der Waals surface area contributed by atoms with Gasteiger partial charge in [0.05, 0.1) is 5.92 Å². The van der Waals surface area contributed by atoms with Gasteiger partial charge in [-0.05, 0) is 19.1 Å². The molecule has 0 spiro atoms. The molecule has 1 atom stereocenters. The molecule has 0 radical (unpaired) electrons. The van der Waals surface area contributed by atoms with E-state index in [1.807, 2.05) is 0 Å². The van der Waals surface area contributed by atoms with E-state index in [4.69, 9.17) is 0 Å². The number of benzene rings is 2. The van der Waals surface area contributed by atoms with E-state index in [-0.39, 0.29) is 11.6 Å². The third-order valence-electron chi connectivity index (χ3n) is 3.57. The Bertz CT molecular complexity index is 711. The third-order valence-corrected chi connectivity index (χ3v) is 3.57. The van der Waals surface area contributed by atoms with E-state index in [0.29, 0.717) is 28.6 Å². The fourth-order valence-electron chi connectivity index (χ4n) is 2.59. The number of nitrogens with one attached hydrogen (secondary N) is 1. The smallest absolute Gasteiger partial charge is 0.211 e. The Morgan fingerprint density at radius 3 is 2.42 bits per heavy atom. The lowest BCUT2D eigenvalue weighted by atomic mass is 9.80. The Labute approximate surface area is 109 Å². The van der Waals surface area contributed by atoms with Crippen molar-refractivity contribution in [3.8, 4) is 0 Å². The maximum absolute atomic E-state index is 12.2. The summed E-state index contributed by atoms with van der Waals surface area (Å²) in [6.45, 7) is 1.63. The predicted octanol–water partition coefficient (Wildman–Crippen LogP) is 2.42. The normalized spacial score (nSPS) is 17.6. The fourth-order valence-corrected chi connectivity index (χ4v) is 2.59. The number of carbonyl (C=O) groups is 3. The lowest BCUT2D eigenvalue weighted by molar-refractivity contribution is -0.105. The van der Waals surface area contributed by atoms with Crippen molar-refractivity contribution in [1.29, 1.82) is 0 Å². The number of Topliss-reactive ketones (excluding diaryl/α,β-unsaturated/α-hetero) is 2. The molecule has 4 heteroatoms. The van der Waals surface area contributed by atoms with Crippen LogP contribution < -0.4 is 5.32 Å². The van der Waals surface area contributed by atoms with Crippen molar-refractivity contribution in [3.63, 3.8) is 0 Å². The fraction of sp³-hybridized carbons (Fsp3) is 0.133. The van der Waals surface area contributed by atoms with Crippen LogP contribution in [0.15, 0.2) is 30.3 Å². The largest absolute Gasteiger partial charge is 0.328 e. The van der Waals surface area contributed by atoms with Crippen LogP contribution in [0.25, 0.3) is 10.8 Å². The molecular formula is C15H11NO3. The van der Waals surface area contributed by atoms with Gasteiger partial charge >= 0.3 is 0 Å². The number of amides is 1. The zero-order valence-corrected chi connectivity index (χ0v) is 10.3. The molecule has 1 amide bonds. The molecule has 0 aliphatic heterocycles. The average molecular weight is 253 g/mol. The zero-order valence-electron chi connectivity index (χ0n) is 10.3. The molecule has 0 heterocycles. The van der Waals surface area contributed by atoms with Gasteiger partial charge in [0, 0.05) is 27.6 Å². The van der Waals surface area contributed by atoms with E-state index in [2.05, 4.69) is 5.32 Å². The summed E-state index contributed by atoms with van der Waals surface area (Å²) in [6, 6.07) is 8.64. The summed E-state index contributed by atoms with van der Waals surface area (Å²) in [7, 11) is 0. The maximum atomic E-state index is 12.2. The summed E-state index contributed by atoms with van der Waals surface area (Å²) >= 11 is 0.